The van der Waals surface area contributed by atoms with E-state index in [0.717, 1.165) is 4.90 Å². The third kappa shape index (κ3) is 11.5. The molecule has 1 unspecified atom stereocenters. The number of halogens is 3. The van der Waals surface area contributed by atoms with Crippen LogP contribution in [0, 0.1) is 28.1 Å². The molecule has 0 aliphatic carbocycles. The number of aliphatic hydroxyl groups is 2. The van der Waals surface area contributed by atoms with E-state index in [1.807, 2.05) is 0 Å². The van der Waals surface area contributed by atoms with Crippen molar-refractivity contribution in [3.63, 3.8) is 0 Å². The van der Waals surface area contributed by atoms with Crippen molar-refractivity contribution in [3.05, 3.63) is 0 Å². The molecule has 0 aromatic heterocycles. The van der Waals surface area contributed by atoms with Gasteiger partial charge in [-0.3, -0.25) is 19.2 Å². The Morgan fingerprint density at radius 1 is 0.780 bits per heavy atom. The number of hydrogen-bond donors (Lipinski definition) is 4. The fourth-order valence-corrected chi connectivity index (χ4v) is 5.78. The van der Waals surface area contributed by atoms with E-state index in [1.54, 1.807) is 76.2 Å². The fourth-order valence-electron chi connectivity index (χ4n) is 5.78. The second kappa shape index (κ2) is 15.8. The molecule has 17 heteroatoms. The van der Waals surface area contributed by atoms with Crippen LogP contribution in [0.2, 0.25) is 0 Å². The van der Waals surface area contributed by atoms with Gasteiger partial charge in [0.1, 0.15) is 12.1 Å². The number of carboxylic acid groups (broad SMARTS) is 2. The van der Waals surface area contributed by atoms with Crippen molar-refractivity contribution in [1.82, 2.24) is 14.7 Å². The van der Waals surface area contributed by atoms with E-state index in [4.69, 9.17) is 10.2 Å². The molecule has 4 N–H and O–H groups in total. The molecule has 3 rings (SSSR count). The van der Waals surface area contributed by atoms with Crippen LogP contribution < -0.4 is 0 Å². The lowest BCUT2D eigenvalue weighted by Gasteiger charge is -2.29. The van der Waals surface area contributed by atoms with Crippen molar-refractivity contribution in [1.29, 1.82) is 0 Å². The van der Waals surface area contributed by atoms with Gasteiger partial charge in [-0.2, -0.15) is 13.2 Å². The maximum atomic E-state index is 12.6. The van der Waals surface area contributed by atoms with Crippen LogP contribution in [0.1, 0.15) is 89.0 Å². The van der Waals surface area contributed by atoms with Gasteiger partial charge in [-0.1, -0.05) is 69.2 Å². The van der Waals surface area contributed by atoms with Crippen LogP contribution in [0.5, 0.6) is 0 Å². The molecular formula is C33H54F3N3O11. The maximum Gasteiger partial charge on any atom is 0.393 e. The minimum Gasteiger partial charge on any atom is -0.480 e. The second-order valence-electron chi connectivity index (χ2n) is 16.5. The molecule has 50 heavy (non-hydrogen) atoms. The van der Waals surface area contributed by atoms with Crippen molar-refractivity contribution in [2.24, 2.45) is 28.1 Å². The van der Waals surface area contributed by atoms with Gasteiger partial charge >= 0.3 is 18.1 Å². The molecule has 0 bridgehead atoms. The maximum absolute atomic E-state index is 12.6. The number of aliphatic hydroxyl groups excluding tert-OH is 1. The van der Waals surface area contributed by atoms with E-state index in [9.17, 15) is 52.2 Å². The van der Waals surface area contributed by atoms with Gasteiger partial charge in [0.15, 0.2) is 6.23 Å². The summed E-state index contributed by atoms with van der Waals surface area (Å²) in [6.45, 7) is 18.3. The quantitative estimate of drug-likeness (QED) is 0.311. The number of aliphatic carboxylic acids is 2. The molecule has 7 atom stereocenters. The summed E-state index contributed by atoms with van der Waals surface area (Å²) in [5, 5.41) is 37.6. The van der Waals surface area contributed by atoms with Gasteiger partial charge in [-0.05, 0) is 6.92 Å². The predicted molar refractivity (Wildman–Crippen MR) is 172 cm³/mol. The molecule has 3 saturated heterocycles. The zero-order chi connectivity index (χ0) is 39.5. The molecule has 0 spiro atoms. The number of alkyl halides is 3. The van der Waals surface area contributed by atoms with Gasteiger partial charge in [-0.15, -0.1) is 0 Å². The largest absolute Gasteiger partial charge is 0.480 e. The number of amides is 3. The first-order valence-electron chi connectivity index (χ1n) is 16.2. The van der Waals surface area contributed by atoms with Crippen molar-refractivity contribution >= 4 is 36.1 Å². The molecule has 0 aromatic carbocycles. The Kier molecular flexibility index (Phi) is 14.1. The lowest BCUT2D eigenvalue weighted by atomic mass is 9.93. The molecule has 0 aromatic rings. The summed E-state index contributed by atoms with van der Waals surface area (Å²) in [4.78, 5) is 72.0. The lowest BCUT2D eigenvalue weighted by Crippen LogP contribution is -2.47. The first-order chi connectivity index (χ1) is 22.3. The first kappa shape index (κ1) is 44.6. The molecular weight excluding hydrogens is 671 g/mol. The van der Waals surface area contributed by atoms with Crippen LogP contribution in [0.15, 0.2) is 0 Å². The standard InChI is InChI=1S/C11H16F3NO3.2C11H19NO4/c1-10(2,3)9(17)15-5-7(11(12,13)14)4-8(15)18-6-16;1-10(2,3)9(15)12-6-11(4,16)5-7(12)8(13)14;1-6-7(13)5-12(8(6)9(14)15)10(16)11(2,3)4/h6-8H,4-5H2,1-3H3;7,16H,5-6H2,1-4H3,(H,13,14);6-8,13H,5H2,1-4H3,(H,14,15)/t7-,8+;7-,11?;6-,7-,8+/m001/s1. The van der Waals surface area contributed by atoms with Crippen LogP contribution in [0.4, 0.5) is 13.2 Å². The highest BCUT2D eigenvalue weighted by molar-refractivity contribution is 5.88. The van der Waals surface area contributed by atoms with Gasteiger partial charge in [-0.25, -0.2) is 9.59 Å². The average Bonchev–Trinajstić information content (AvgIpc) is 3.59. The smallest absolute Gasteiger partial charge is 0.393 e. The molecule has 3 heterocycles. The van der Waals surface area contributed by atoms with E-state index in [2.05, 4.69) is 4.74 Å². The van der Waals surface area contributed by atoms with Gasteiger partial charge in [0.25, 0.3) is 6.47 Å². The van der Waals surface area contributed by atoms with Crippen LogP contribution in [-0.2, 0) is 33.5 Å². The van der Waals surface area contributed by atoms with Crippen LogP contribution in [-0.4, -0.2) is 127 Å². The molecule has 3 fully saturated rings. The highest BCUT2D eigenvalue weighted by atomic mass is 19.4. The Morgan fingerprint density at radius 3 is 1.60 bits per heavy atom. The Balaban J connectivity index is 0.000000376. The average molecular weight is 726 g/mol. The first-order valence-corrected chi connectivity index (χ1v) is 16.2. The minimum atomic E-state index is -4.39. The van der Waals surface area contributed by atoms with E-state index in [-0.39, 0.29) is 37.8 Å². The number of hydrogen-bond acceptors (Lipinski definition) is 9. The molecule has 3 aliphatic heterocycles. The van der Waals surface area contributed by atoms with Crippen molar-refractivity contribution in [2.45, 2.75) is 125 Å². The lowest BCUT2D eigenvalue weighted by molar-refractivity contribution is -0.172. The second-order valence-corrected chi connectivity index (χ2v) is 16.5. The van der Waals surface area contributed by atoms with Crippen molar-refractivity contribution < 1.29 is 67.1 Å². The number of carboxylic acids is 2. The predicted octanol–water partition coefficient (Wildman–Crippen LogP) is 2.74. The highest BCUT2D eigenvalue weighted by Gasteiger charge is 2.51. The number of rotatable bonds is 4. The highest BCUT2D eigenvalue weighted by Crippen LogP contribution is 2.38. The third-order valence-corrected chi connectivity index (χ3v) is 8.52. The van der Waals surface area contributed by atoms with E-state index in [1.165, 1.54) is 9.80 Å². The number of β-amino-alcohol motifs (C(OH)–C–C–N with tert-alkyl or cyclic N) is 2. The summed E-state index contributed by atoms with van der Waals surface area (Å²) >= 11 is 0. The molecule has 3 amide bonds. The zero-order valence-corrected chi connectivity index (χ0v) is 30.7. The molecule has 0 radical (unpaired) electrons. The molecule has 14 nitrogen and oxygen atoms in total. The molecule has 288 valence electrons. The Morgan fingerprint density at radius 2 is 1.22 bits per heavy atom. The SMILES string of the molecule is CC(C)(C)C(=O)N1C[C@@H](C(F)(F)F)C[C@H]1OC=O.CC1(O)C[C@@H](C(=O)O)N(C(=O)C(C)(C)C)C1.C[C@@H]1[C@H](O)CN(C(=O)C(C)(C)C)[C@@H]1C(=O)O. The summed E-state index contributed by atoms with van der Waals surface area (Å²) < 4.78 is 42.5. The van der Waals surface area contributed by atoms with Gasteiger partial charge in [0.05, 0.1) is 24.2 Å². The van der Waals surface area contributed by atoms with E-state index in [0.29, 0.717) is 0 Å². The van der Waals surface area contributed by atoms with E-state index >= 15 is 0 Å². The number of ether oxygens (including phenoxy) is 1. The Bertz CT molecular complexity index is 1240. The summed E-state index contributed by atoms with van der Waals surface area (Å²) in [5.41, 5.74) is -3.18. The number of carbonyl (C=O) groups is 6. The molecule has 3 aliphatic rings. The Hall–Kier alpha value is -3.47. The van der Waals surface area contributed by atoms with Gasteiger partial charge in [0, 0.05) is 48.1 Å². The van der Waals surface area contributed by atoms with Crippen molar-refractivity contribution in [2.75, 3.05) is 19.6 Å². The number of carbonyl (C=O) groups excluding carboxylic acids is 4. The topological polar surface area (TPSA) is 202 Å². The van der Waals surface area contributed by atoms with Gasteiger partial charge < -0.3 is 39.9 Å². The summed E-state index contributed by atoms with van der Waals surface area (Å²) in [6.07, 6.45) is -6.58. The third-order valence-electron chi connectivity index (χ3n) is 8.52. The zero-order valence-electron chi connectivity index (χ0n) is 30.7. The summed E-state index contributed by atoms with van der Waals surface area (Å²) in [6, 6.07) is -1.83. The van der Waals surface area contributed by atoms with E-state index < -0.39 is 95.1 Å². The Labute approximate surface area is 290 Å². The summed E-state index contributed by atoms with van der Waals surface area (Å²) in [7, 11) is 0. The normalized spacial score (nSPS) is 28.6. The van der Waals surface area contributed by atoms with Gasteiger partial charge in [0.2, 0.25) is 17.7 Å². The fraction of sp³-hybridized carbons (Fsp3) is 0.818. The minimum absolute atomic E-state index is 0.0758. The number of nitrogens with zero attached hydrogens (tertiary/aromatic N) is 3. The van der Waals surface area contributed by atoms with Crippen LogP contribution in [0.25, 0.3) is 0 Å². The monoisotopic (exact) mass is 725 g/mol. The number of likely N-dealkylation sites (tertiary alicyclic amines) is 3. The summed E-state index contributed by atoms with van der Waals surface area (Å²) in [5.74, 6) is -5.11. The van der Waals surface area contributed by atoms with Crippen LogP contribution >= 0.6 is 0 Å². The molecule has 0 saturated carbocycles. The van der Waals surface area contributed by atoms with Crippen LogP contribution in [0.3, 0.4) is 0 Å². The van der Waals surface area contributed by atoms with Crippen molar-refractivity contribution in [3.8, 4) is 0 Å².